The highest BCUT2D eigenvalue weighted by molar-refractivity contribution is 7.98. The lowest BCUT2D eigenvalue weighted by Crippen LogP contribution is -2.47. The van der Waals surface area contributed by atoms with E-state index in [4.69, 9.17) is 0 Å². The van der Waals surface area contributed by atoms with Gasteiger partial charge in [0.1, 0.15) is 0 Å². The Morgan fingerprint density at radius 3 is 2.80 bits per heavy atom. The van der Waals surface area contributed by atoms with Crippen molar-refractivity contribution in [1.29, 1.82) is 0 Å². The van der Waals surface area contributed by atoms with Crippen LogP contribution in [0.4, 0.5) is 0 Å². The summed E-state index contributed by atoms with van der Waals surface area (Å²) < 4.78 is 0. The molecule has 88 valence electrons. The molecule has 0 spiro atoms. The summed E-state index contributed by atoms with van der Waals surface area (Å²) >= 11 is 1.58. The molecule has 15 heavy (non-hydrogen) atoms. The Bertz CT molecular complexity index is 217. The molecule has 1 amide bonds. The molecule has 1 fully saturated rings. The predicted octanol–water partition coefficient (Wildman–Crippen LogP) is -0.174. The lowest BCUT2D eigenvalue weighted by Gasteiger charge is -2.27. The number of nitrogens with one attached hydrogen (secondary N) is 2. The maximum absolute atomic E-state index is 11.4. The molecule has 1 atom stereocenters. The number of amides is 1. The van der Waals surface area contributed by atoms with Crippen LogP contribution in [0.25, 0.3) is 0 Å². The summed E-state index contributed by atoms with van der Waals surface area (Å²) in [4.78, 5) is 11.4. The van der Waals surface area contributed by atoms with E-state index in [0.29, 0.717) is 24.6 Å². The third-order valence-electron chi connectivity index (χ3n) is 2.46. The molecule has 0 radical (unpaired) electrons. The van der Waals surface area contributed by atoms with E-state index < -0.39 is 5.60 Å². The average Bonchev–Trinajstić information content (AvgIpc) is 2.08. The molecule has 1 aliphatic heterocycles. The first-order valence-corrected chi connectivity index (χ1v) is 6.61. The van der Waals surface area contributed by atoms with E-state index >= 15 is 0 Å². The van der Waals surface area contributed by atoms with Crippen LogP contribution in [0, 0.1) is 5.92 Å². The number of thioether (sulfide) groups is 1. The Morgan fingerprint density at radius 2 is 2.33 bits per heavy atom. The number of rotatable bonds is 6. The van der Waals surface area contributed by atoms with Crippen molar-refractivity contribution in [2.75, 3.05) is 31.6 Å². The molecule has 0 aromatic rings. The summed E-state index contributed by atoms with van der Waals surface area (Å²) in [6.07, 6.45) is 2.51. The Kier molecular flexibility index (Phi) is 4.89. The average molecular weight is 232 g/mol. The van der Waals surface area contributed by atoms with Crippen molar-refractivity contribution >= 4 is 17.7 Å². The zero-order chi connectivity index (χ0) is 11.3. The van der Waals surface area contributed by atoms with Crippen LogP contribution >= 0.6 is 11.8 Å². The van der Waals surface area contributed by atoms with Crippen molar-refractivity contribution in [3.8, 4) is 0 Å². The van der Waals surface area contributed by atoms with Crippen LogP contribution in [0.3, 0.4) is 0 Å². The standard InChI is InChI=1S/C10H20N2O2S/c1-10(14,7-15-2)6-12-9(13)3-8-4-11-5-8/h8,11,14H,3-7H2,1-2H3,(H,12,13). The van der Waals surface area contributed by atoms with Gasteiger partial charge in [0.15, 0.2) is 0 Å². The molecule has 1 unspecified atom stereocenters. The molecule has 0 aromatic heterocycles. The lowest BCUT2D eigenvalue weighted by atomic mass is 9.99. The number of hydrogen-bond donors (Lipinski definition) is 3. The molecule has 0 aromatic carbocycles. The van der Waals surface area contributed by atoms with Gasteiger partial charge < -0.3 is 15.7 Å². The Balaban J connectivity index is 2.14. The lowest BCUT2D eigenvalue weighted by molar-refractivity contribution is -0.123. The van der Waals surface area contributed by atoms with Gasteiger partial charge in [0.25, 0.3) is 0 Å². The molecule has 1 heterocycles. The largest absolute Gasteiger partial charge is 0.387 e. The third kappa shape index (κ3) is 4.86. The molecular weight excluding hydrogens is 212 g/mol. The predicted molar refractivity (Wildman–Crippen MR) is 63.0 cm³/mol. The van der Waals surface area contributed by atoms with Crippen molar-refractivity contribution < 1.29 is 9.90 Å². The Hall–Kier alpha value is -0.260. The quantitative estimate of drug-likeness (QED) is 0.595. The van der Waals surface area contributed by atoms with E-state index in [9.17, 15) is 9.90 Å². The van der Waals surface area contributed by atoms with Crippen molar-refractivity contribution in [2.45, 2.75) is 18.9 Å². The van der Waals surface area contributed by atoms with Crippen molar-refractivity contribution in [3.05, 3.63) is 0 Å². The fraction of sp³-hybridized carbons (Fsp3) is 0.900. The molecule has 0 saturated carbocycles. The number of carbonyl (C=O) groups is 1. The van der Waals surface area contributed by atoms with Crippen LogP contribution in [0.2, 0.25) is 0 Å². The van der Waals surface area contributed by atoms with Crippen LogP contribution in [0.15, 0.2) is 0 Å². The SMILES string of the molecule is CSCC(C)(O)CNC(=O)CC1CNC1. The van der Waals surface area contributed by atoms with Gasteiger partial charge in [-0.2, -0.15) is 11.8 Å². The van der Waals surface area contributed by atoms with Crippen LogP contribution in [0.5, 0.6) is 0 Å². The molecule has 4 nitrogen and oxygen atoms in total. The second-order valence-electron chi connectivity index (χ2n) is 4.44. The maximum Gasteiger partial charge on any atom is 0.220 e. The molecule has 0 aliphatic carbocycles. The zero-order valence-electron chi connectivity index (χ0n) is 9.38. The van der Waals surface area contributed by atoms with E-state index in [-0.39, 0.29) is 5.91 Å². The fourth-order valence-corrected chi connectivity index (χ4v) is 2.20. The highest BCUT2D eigenvalue weighted by Gasteiger charge is 2.23. The summed E-state index contributed by atoms with van der Waals surface area (Å²) in [5, 5.41) is 15.7. The van der Waals surface area contributed by atoms with Gasteiger partial charge in [-0.1, -0.05) is 0 Å². The molecular formula is C10H20N2O2S. The molecule has 1 aliphatic rings. The number of carbonyl (C=O) groups excluding carboxylic acids is 1. The zero-order valence-corrected chi connectivity index (χ0v) is 10.2. The molecule has 1 saturated heterocycles. The summed E-state index contributed by atoms with van der Waals surface area (Å²) in [6.45, 7) is 3.96. The smallest absolute Gasteiger partial charge is 0.220 e. The minimum absolute atomic E-state index is 0.0443. The van der Waals surface area contributed by atoms with E-state index in [1.165, 1.54) is 0 Å². The monoisotopic (exact) mass is 232 g/mol. The van der Waals surface area contributed by atoms with Crippen LogP contribution in [-0.2, 0) is 4.79 Å². The van der Waals surface area contributed by atoms with Gasteiger partial charge in [0.2, 0.25) is 5.91 Å². The number of hydrogen-bond acceptors (Lipinski definition) is 4. The van der Waals surface area contributed by atoms with Crippen molar-refractivity contribution in [2.24, 2.45) is 5.92 Å². The van der Waals surface area contributed by atoms with Gasteiger partial charge in [-0.25, -0.2) is 0 Å². The van der Waals surface area contributed by atoms with Crippen LogP contribution in [0.1, 0.15) is 13.3 Å². The van der Waals surface area contributed by atoms with E-state index in [1.807, 2.05) is 6.26 Å². The van der Waals surface area contributed by atoms with Gasteiger partial charge in [-0.3, -0.25) is 4.79 Å². The fourth-order valence-electron chi connectivity index (χ4n) is 1.48. The van der Waals surface area contributed by atoms with Crippen LogP contribution in [-0.4, -0.2) is 48.3 Å². The highest BCUT2D eigenvalue weighted by Crippen LogP contribution is 2.10. The summed E-state index contributed by atoms with van der Waals surface area (Å²) in [6, 6.07) is 0. The summed E-state index contributed by atoms with van der Waals surface area (Å²) in [5.74, 6) is 1.16. The Morgan fingerprint density at radius 1 is 1.67 bits per heavy atom. The van der Waals surface area contributed by atoms with E-state index in [0.717, 1.165) is 13.1 Å². The van der Waals surface area contributed by atoms with E-state index in [1.54, 1.807) is 18.7 Å². The molecule has 0 bridgehead atoms. The minimum Gasteiger partial charge on any atom is -0.387 e. The van der Waals surface area contributed by atoms with E-state index in [2.05, 4.69) is 10.6 Å². The third-order valence-corrected chi connectivity index (χ3v) is 3.37. The van der Waals surface area contributed by atoms with Gasteiger partial charge in [-0.05, 0) is 32.2 Å². The topological polar surface area (TPSA) is 61.4 Å². The molecule has 1 rings (SSSR count). The second-order valence-corrected chi connectivity index (χ2v) is 5.30. The first-order valence-electron chi connectivity index (χ1n) is 5.22. The maximum atomic E-state index is 11.4. The molecule has 5 heteroatoms. The van der Waals surface area contributed by atoms with Crippen LogP contribution < -0.4 is 10.6 Å². The number of aliphatic hydroxyl groups is 1. The summed E-state index contributed by atoms with van der Waals surface area (Å²) in [7, 11) is 0. The first-order chi connectivity index (χ1) is 7.03. The normalized spacial score (nSPS) is 20.5. The summed E-state index contributed by atoms with van der Waals surface area (Å²) in [5.41, 5.74) is -0.799. The second kappa shape index (κ2) is 5.72. The van der Waals surface area contributed by atoms with Gasteiger partial charge in [0, 0.05) is 18.7 Å². The Labute approximate surface area is 95.2 Å². The van der Waals surface area contributed by atoms with Gasteiger partial charge >= 0.3 is 0 Å². The molecule has 3 N–H and O–H groups in total. The van der Waals surface area contributed by atoms with Crippen molar-refractivity contribution in [1.82, 2.24) is 10.6 Å². The van der Waals surface area contributed by atoms with Gasteiger partial charge in [0.05, 0.1) is 5.60 Å². The first kappa shape index (κ1) is 12.8. The highest BCUT2D eigenvalue weighted by atomic mass is 32.2. The minimum atomic E-state index is -0.799. The van der Waals surface area contributed by atoms with Crippen molar-refractivity contribution in [3.63, 3.8) is 0 Å². The van der Waals surface area contributed by atoms with Gasteiger partial charge in [-0.15, -0.1) is 0 Å².